The Labute approximate surface area is 136 Å². The number of halogens is 1. The summed E-state index contributed by atoms with van der Waals surface area (Å²) < 4.78 is 36.2. The first-order valence-corrected chi connectivity index (χ1v) is 9.48. The van der Waals surface area contributed by atoms with Crippen LogP contribution in [0.4, 0.5) is 4.39 Å². The van der Waals surface area contributed by atoms with Crippen LogP contribution in [0.25, 0.3) is 0 Å². The van der Waals surface area contributed by atoms with Gasteiger partial charge in [-0.2, -0.15) is 0 Å². The maximum Gasteiger partial charge on any atom is 0.220 e. The monoisotopic (exact) mass is 342 g/mol. The number of amides is 1. The molecule has 1 aromatic rings. The smallest absolute Gasteiger partial charge is 0.220 e. The highest BCUT2D eigenvalue weighted by molar-refractivity contribution is 7.91. The number of nitrogens with zero attached hydrogens (tertiary/aromatic N) is 1. The summed E-state index contributed by atoms with van der Waals surface area (Å²) >= 11 is 0. The summed E-state index contributed by atoms with van der Waals surface area (Å²) in [5, 5.41) is 2.84. The number of rotatable bonds is 6. The van der Waals surface area contributed by atoms with Crippen LogP contribution in [0.5, 0.6) is 0 Å². The van der Waals surface area contributed by atoms with E-state index in [1.807, 2.05) is 25.1 Å². The van der Waals surface area contributed by atoms with Crippen molar-refractivity contribution in [1.82, 2.24) is 10.2 Å². The van der Waals surface area contributed by atoms with Crippen molar-refractivity contribution in [3.8, 4) is 0 Å². The van der Waals surface area contributed by atoms with E-state index in [4.69, 9.17) is 0 Å². The van der Waals surface area contributed by atoms with Gasteiger partial charge in [0, 0.05) is 13.0 Å². The number of carbonyl (C=O) groups is 1. The predicted molar refractivity (Wildman–Crippen MR) is 87.2 cm³/mol. The third-order valence-electron chi connectivity index (χ3n) is 4.15. The van der Waals surface area contributed by atoms with Gasteiger partial charge in [-0.15, -0.1) is 0 Å². The van der Waals surface area contributed by atoms with Gasteiger partial charge < -0.3 is 10.2 Å². The molecule has 2 unspecified atom stereocenters. The van der Waals surface area contributed by atoms with E-state index in [9.17, 15) is 17.6 Å². The summed E-state index contributed by atoms with van der Waals surface area (Å²) in [6.07, 6.45) is 0.777. The van der Waals surface area contributed by atoms with Gasteiger partial charge in [-0.25, -0.2) is 12.8 Å². The Morgan fingerprint density at radius 3 is 2.74 bits per heavy atom. The van der Waals surface area contributed by atoms with E-state index < -0.39 is 9.84 Å². The van der Waals surface area contributed by atoms with Crippen LogP contribution in [0.2, 0.25) is 0 Å². The number of sulfone groups is 1. The lowest BCUT2D eigenvalue weighted by molar-refractivity contribution is -0.122. The Morgan fingerprint density at radius 1 is 1.43 bits per heavy atom. The predicted octanol–water partition coefficient (Wildman–Crippen LogP) is 1.37. The quantitative estimate of drug-likeness (QED) is 0.848. The van der Waals surface area contributed by atoms with Crippen LogP contribution < -0.4 is 5.32 Å². The molecule has 1 aromatic carbocycles. The lowest BCUT2D eigenvalue weighted by Crippen LogP contribution is -2.35. The summed E-state index contributed by atoms with van der Waals surface area (Å²) in [4.78, 5) is 13.9. The second-order valence-electron chi connectivity index (χ2n) is 6.31. The standard InChI is InChI=1S/C16H23FN2O3S/c1-19(2)15(13-4-3-5-14(17)9-13)10-18-16(20)8-12-6-7-23(21,22)11-12/h3-5,9,12,15H,6-8,10-11H2,1-2H3,(H,18,20). The van der Waals surface area contributed by atoms with Crippen LogP contribution in [-0.2, 0) is 14.6 Å². The molecule has 2 rings (SSSR count). The Hall–Kier alpha value is -1.47. The van der Waals surface area contributed by atoms with Gasteiger partial charge >= 0.3 is 0 Å². The van der Waals surface area contributed by atoms with Gasteiger partial charge in [0.1, 0.15) is 5.82 Å². The van der Waals surface area contributed by atoms with E-state index >= 15 is 0 Å². The Bertz CT molecular complexity index is 661. The van der Waals surface area contributed by atoms with E-state index in [0.29, 0.717) is 13.0 Å². The number of carbonyl (C=O) groups excluding carboxylic acids is 1. The van der Waals surface area contributed by atoms with Gasteiger partial charge in [0.2, 0.25) is 5.91 Å². The van der Waals surface area contributed by atoms with Crippen LogP contribution in [0.1, 0.15) is 24.4 Å². The maximum absolute atomic E-state index is 13.4. The van der Waals surface area contributed by atoms with Gasteiger partial charge in [0.25, 0.3) is 0 Å². The second-order valence-corrected chi connectivity index (χ2v) is 8.54. The molecule has 1 aliphatic rings. The van der Waals surface area contributed by atoms with E-state index in [-0.39, 0.29) is 41.6 Å². The molecule has 7 heteroatoms. The number of nitrogens with one attached hydrogen (secondary N) is 1. The molecule has 2 atom stereocenters. The van der Waals surface area contributed by atoms with Gasteiger partial charge in [0.15, 0.2) is 9.84 Å². The summed E-state index contributed by atoms with van der Waals surface area (Å²) in [6, 6.07) is 6.17. The number of hydrogen-bond acceptors (Lipinski definition) is 4. The maximum atomic E-state index is 13.4. The molecule has 0 radical (unpaired) electrons. The molecule has 1 N–H and O–H groups in total. The topological polar surface area (TPSA) is 66.5 Å². The first kappa shape index (κ1) is 17.9. The minimum absolute atomic E-state index is 0.0908. The zero-order valence-electron chi connectivity index (χ0n) is 13.5. The van der Waals surface area contributed by atoms with Crippen LogP contribution in [0.15, 0.2) is 24.3 Å². The van der Waals surface area contributed by atoms with Gasteiger partial charge in [-0.05, 0) is 44.1 Å². The highest BCUT2D eigenvalue weighted by Gasteiger charge is 2.29. The van der Waals surface area contributed by atoms with Crippen LogP contribution in [0, 0.1) is 11.7 Å². The Balaban J connectivity index is 1.90. The van der Waals surface area contributed by atoms with Crippen LogP contribution in [-0.4, -0.2) is 51.4 Å². The minimum atomic E-state index is -2.96. The molecular formula is C16H23FN2O3S. The number of likely N-dealkylation sites (N-methyl/N-ethyl adjacent to an activating group) is 1. The summed E-state index contributed by atoms with van der Waals surface area (Å²) in [7, 11) is 0.769. The fourth-order valence-corrected chi connectivity index (χ4v) is 4.75. The average molecular weight is 342 g/mol. The summed E-state index contributed by atoms with van der Waals surface area (Å²) in [6.45, 7) is 0.356. The molecule has 128 valence electrons. The lowest BCUT2D eigenvalue weighted by atomic mass is 10.0. The van der Waals surface area contributed by atoms with Gasteiger partial charge in [0.05, 0.1) is 17.5 Å². The molecule has 0 aliphatic carbocycles. The van der Waals surface area contributed by atoms with Crippen molar-refractivity contribution in [3.05, 3.63) is 35.6 Å². The molecule has 5 nitrogen and oxygen atoms in total. The summed E-state index contributed by atoms with van der Waals surface area (Å²) in [5.41, 5.74) is 0.791. The van der Waals surface area contributed by atoms with E-state index in [1.165, 1.54) is 12.1 Å². The molecule has 1 fully saturated rings. The van der Waals surface area contributed by atoms with Gasteiger partial charge in [-0.1, -0.05) is 12.1 Å². The lowest BCUT2D eigenvalue weighted by Gasteiger charge is -2.25. The van der Waals surface area contributed by atoms with Crippen molar-refractivity contribution in [1.29, 1.82) is 0 Å². The molecular weight excluding hydrogens is 319 g/mol. The Morgan fingerprint density at radius 2 is 2.17 bits per heavy atom. The van der Waals surface area contributed by atoms with Crippen molar-refractivity contribution in [2.24, 2.45) is 5.92 Å². The third kappa shape index (κ3) is 5.28. The Kier molecular flexibility index (Phi) is 5.75. The van der Waals surface area contributed by atoms with Crippen molar-refractivity contribution in [3.63, 3.8) is 0 Å². The molecule has 23 heavy (non-hydrogen) atoms. The average Bonchev–Trinajstić information content (AvgIpc) is 2.77. The van der Waals surface area contributed by atoms with Crippen molar-refractivity contribution < 1.29 is 17.6 Å². The van der Waals surface area contributed by atoms with E-state index in [2.05, 4.69) is 5.32 Å². The van der Waals surface area contributed by atoms with Gasteiger partial charge in [-0.3, -0.25) is 4.79 Å². The highest BCUT2D eigenvalue weighted by atomic mass is 32.2. The van der Waals surface area contributed by atoms with E-state index in [1.54, 1.807) is 6.07 Å². The number of hydrogen-bond donors (Lipinski definition) is 1. The number of benzene rings is 1. The first-order chi connectivity index (χ1) is 10.8. The normalized spacial score (nSPS) is 21.3. The molecule has 0 aromatic heterocycles. The fraction of sp³-hybridized carbons (Fsp3) is 0.562. The van der Waals surface area contributed by atoms with E-state index in [0.717, 1.165) is 5.56 Å². The molecule has 1 aliphatic heterocycles. The zero-order valence-corrected chi connectivity index (χ0v) is 14.3. The minimum Gasteiger partial charge on any atom is -0.354 e. The largest absolute Gasteiger partial charge is 0.354 e. The van der Waals surface area contributed by atoms with Crippen molar-refractivity contribution in [2.75, 3.05) is 32.1 Å². The first-order valence-electron chi connectivity index (χ1n) is 7.66. The molecule has 0 bridgehead atoms. The van der Waals surface area contributed by atoms with Crippen LogP contribution in [0.3, 0.4) is 0 Å². The highest BCUT2D eigenvalue weighted by Crippen LogP contribution is 2.22. The van der Waals surface area contributed by atoms with Crippen molar-refractivity contribution in [2.45, 2.75) is 18.9 Å². The molecule has 1 saturated heterocycles. The van der Waals surface area contributed by atoms with Crippen LogP contribution >= 0.6 is 0 Å². The SMILES string of the molecule is CN(C)C(CNC(=O)CC1CCS(=O)(=O)C1)c1cccc(F)c1. The summed E-state index contributed by atoms with van der Waals surface area (Å²) in [5.74, 6) is -0.283. The van der Waals surface area contributed by atoms with Crippen molar-refractivity contribution >= 4 is 15.7 Å². The zero-order chi connectivity index (χ0) is 17.0. The third-order valence-corrected chi connectivity index (χ3v) is 5.99. The molecule has 1 amide bonds. The molecule has 0 saturated carbocycles. The second kappa shape index (κ2) is 7.40. The molecule has 1 heterocycles. The fourth-order valence-electron chi connectivity index (χ4n) is 2.89. The molecule has 0 spiro atoms.